The Morgan fingerprint density at radius 1 is 0.561 bits per heavy atom. The van der Waals surface area contributed by atoms with Crippen molar-refractivity contribution in [1.82, 2.24) is 0 Å². The van der Waals surface area contributed by atoms with E-state index in [0.717, 1.165) is 67.9 Å². The van der Waals surface area contributed by atoms with Crippen LogP contribution in [0.2, 0.25) is 0 Å². The zero-order valence-corrected chi connectivity index (χ0v) is 36.6. The van der Waals surface area contributed by atoms with Crippen molar-refractivity contribution in [3.63, 3.8) is 0 Å². The Labute approximate surface area is 374 Å². The summed E-state index contributed by atoms with van der Waals surface area (Å²) in [4.78, 5) is 106. The summed E-state index contributed by atoms with van der Waals surface area (Å²) < 4.78 is 63.1. The van der Waals surface area contributed by atoms with Gasteiger partial charge in [-0.1, -0.05) is 12.1 Å². The third-order valence-electron chi connectivity index (χ3n) is 8.81. The van der Waals surface area contributed by atoms with Crippen LogP contribution in [-0.4, -0.2) is 139 Å². The largest absolute Gasteiger partial charge is 0.467 e. The Morgan fingerprint density at radius 3 is 1.23 bits per heavy atom. The van der Waals surface area contributed by atoms with Crippen molar-refractivity contribution in [1.29, 1.82) is 0 Å². The Hall–Kier alpha value is -7.16. The predicted molar refractivity (Wildman–Crippen MR) is 212 cm³/mol. The number of nitro benzene ring substituents is 1. The lowest BCUT2D eigenvalue weighted by Gasteiger charge is -2.43. The van der Waals surface area contributed by atoms with E-state index in [1.807, 2.05) is 0 Å². The van der Waals surface area contributed by atoms with Gasteiger partial charge >= 0.3 is 53.4 Å². The molecule has 0 spiro atoms. The van der Waals surface area contributed by atoms with Gasteiger partial charge in [-0.3, -0.25) is 38.9 Å². The number of rotatable bonds is 15. The van der Waals surface area contributed by atoms with Crippen molar-refractivity contribution in [2.24, 2.45) is 0 Å². The minimum absolute atomic E-state index is 0.0699. The van der Waals surface area contributed by atoms with E-state index in [-0.39, 0.29) is 29.4 Å². The molecule has 0 aromatic heterocycles. The lowest BCUT2D eigenvalue weighted by molar-refractivity contribution is -0.387. The van der Waals surface area contributed by atoms with Gasteiger partial charge in [-0.15, -0.1) is 0 Å². The first kappa shape index (κ1) is 53.2. The fraction of sp³-hybridized carbons (Fsp3) is 0.500. The van der Waals surface area contributed by atoms with E-state index < -0.39 is 126 Å². The Bertz CT molecular complexity index is 2130. The third-order valence-corrected chi connectivity index (χ3v) is 8.81. The van der Waals surface area contributed by atoms with Gasteiger partial charge in [0.2, 0.25) is 24.8 Å². The number of aliphatic hydroxyl groups is 2. The third kappa shape index (κ3) is 14.4. The van der Waals surface area contributed by atoms with Crippen molar-refractivity contribution in [3.8, 4) is 11.5 Å². The minimum atomic E-state index is -1.75. The number of esters is 8. The summed E-state index contributed by atoms with van der Waals surface area (Å²) in [6.07, 6.45) is -15.8. The number of ether oxygens (including phenoxy) is 12. The second-order valence-electron chi connectivity index (χ2n) is 13.8. The van der Waals surface area contributed by atoms with Crippen LogP contribution in [-0.2, 0) is 98.9 Å². The summed E-state index contributed by atoms with van der Waals surface area (Å²) in [7, 11) is 2.10. The summed E-state index contributed by atoms with van der Waals surface area (Å²) in [6.45, 7) is 5.57. The SMILES string of the molecule is COC(=O)[C@H]1O[C@@H](Oc2ccc(CO)cc2N)[C@H](OC(C)=O)[C@@H](OC(C)=O)[C@@H]1OC(C)=O.COC(=O)[C@H]1O[C@@H](Oc2ccc(CO)cc2[N+](=O)[O-])[C@H](OC(C)=O)[C@@H](OC(C)=O)[C@@H]1OC(C)=O. The number of nitro groups is 1. The van der Waals surface area contributed by atoms with Crippen LogP contribution in [0, 0.1) is 10.1 Å². The number of nitrogens with two attached hydrogens (primary N) is 1. The molecule has 2 heterocycles. The summed E-state index contributed by atoms with van der Waals surface area (Å²) in [6, 6.07) is 7.93. The number of anilines is 1. The van der Waals surface area contributed by atoms with Crippen LogP contribution in [0.25, 0.3) is 0 Å². The van der Waals surface area contributed by atoms with Gasteiger partial charge in [0.1, 0.15) is 5.75 Å². The highest BCUT2D eigenvalue weighted by Crippen LogP contribution is 2.36. The highest BCUT2D eigenvalue weighted by atomic mass is 16.8. The van der Waals surface area contributed by atoms with E-state index in [0.29, 0.717) is 5.56 Å². The first-order valence-corrected chi connectivity index (χ1v) is 19.3. The Balaban J connectivity index is 0.000000351. The number of hydrogen-bond acceptors (Lipinski definition) is 25. The molecule has 2 saturated heterocycles. The molecule has 2 aromatic carbocycles. The fourth-order valence-corrected chi connectivity index (χ4v) is 6.31. The quantitative estimate of drug-likeness (QED) is 0.0695. The molecule has 4 rings (SSSR count). The molecule has 2 fully saturated rings. The van der Waals surface area contributed by atoms with Crippen LogP contribution in [0.5, 0.6) is 11.5 Å². The number of nitrogens with zero attached hydrogens (tertiary/aromatic N) is 1. The summed E-state index contributed by atoms with van der Waals surface area (Å²) >= 11 is 0. The number of methoxy groups -OCH3 is 2. The topological polar surface area (TPSA) is 357 Å². The molecule has 0 saturated carbocycles. The second kappa shape index (κ2) is 24.2. The predicted octanol–water partition coefficient (Wildman–Crippen LogP) is -0.00820. The highest BCUT2D eigenvalue weighted by molar-refractivity contribution is 5.78. The maximum absolute atomic E-state index is 12.4. The van der Waals surface area contributed by atoms with Gasteiger partial charge in [0.25, 0.3) is 0 Å². The molecule has 66 heavy (non-hydrogen) atoms. The number of carbonyl (C=O) groups excluding carboxylic acids is 8. The van der Waals surface area contributed by atoms with Crippen LogP contribution in [0.15, 0.2) is 36.4 Å². The van der Waals surface area contributed by atoms with Crippen LogP contribution >= 0.6 is 0 Å². The summed E-state index contributed by atoms with van der Waals surface area (Å²) in [5.41, 5.74) is 6.20. The molecule has 2 aliphatic heterocycles. The molecule has 0 amide bonds. The van der Waals surface area contributed by atoms with Crippen LogP contribution < -0.4 is 15.2 Å². The van der Waals surface area contributed by atoms with Gasteiger partial charge in [-0.2, -0.15) is 0 Å². The van der Waals surface area contributed by atoms with E-state index in [1.54, 1.807) is 0 Å². The van der Waals surface area contributed by atoms with Gasteiger partial charge in [-0.25, -0.2) is 9.59 Å². The fourth-order valence-electron chi connectivity index (χ4n) is 6.31. The van der Waals surface area contributed by atoms with Gasteiger partial charge in [-0.05, 0) is 29.3 Å². The van der Waals surface area contributed by atoms with E-state index in [1.165, 1.54) is 24.3 Å². The van der Waals surface area contributed by atoms with Gasteiger partial charge < -0.3 is 72.8 Å². The molecule has 0 unspecified atom stereocenters. The molecule has 0 radical (unpaired) electrons. The standard InChI is InChI=1S/C20H23NO13.C20H25NO11/c1-9(23)30-15-16(31-10(2)24)18(32-11(3)25)20(34-17(15)19(26)29-4)33-14-6-5-12(8-22)7-13(14)21(27)28;1-9(23)28-15-16(29-10(2)24)18(30-11(3)25)20(32-17(15)19(26)27-4)31-14-6-5-12(8-22)7-13(14)21/h5-7,15-18,20,22H,8H2,1-4H3;5-7,15-18,20,22H,8,21H2,1-4H3/t2*15-,16-,17-,18+,20+/m00/s1. The Kier molecular flexibility index (Phi) is 19.5. The molecule has 2 aliphatic rings. The monoisotopic (exact) mass is 940 g/mol. The minimum Gasteiger partial charge on any atom is -0.467 e. The van der Waals surface area contributed by atoms with Gasteiger partial charge in [0.15, 0.2) is 42.4 Å². The second-order valence-corrected chi connectivity index (χ2v) is 13.8. The molecule has 4 N–H and O–H groups in total. The van der Waals surface area contributed by atoms with Gasteiger partial charge in [0.05, 0.1) is 38.0 Å². The van der Waals surface area contributed by atoms with Gasteiger partial charge in [0, 0.05) is 47.6 Å². The normalized spacial score (nSPS) is 24.3. The molecule has 26 nitrogen and oxygen atoms in total. The maximum atomic E-state index is 12.4. The molecule has 26 heteroatoms. The summed E-state index contributed by atoms with van der Waals surface area (Å²) in [5.74, 6) is -7.36. The molecule has 362 valence electrons. The lowest BCUT2D eigenvalue weighted by atomic mass is 9.97. The van der Waals surface area contributed by atoms with E-state index >= 15 is 0 Å². The number of carbonyl (C=O) groups is 8. The number of nitrogen functional groups attached to an aromatic ring is 1. The zero-order chi connectivity index (χ0) is 49.6. The van der Waals surface area contributed by atoms with Crippen LogP contribution in [0.3, 0.4) is 0 Å². The van der Waals surface area contributed by atoms with E-state index in [4.69, 9.17) is 57.8 Å². The van der Waals surface area contributed by atoms with Crippen LogP contribution in [0.1, 0.15) is 52.7 Å². The molecule has 0 bridgehead atoms. The molecule has 10 atom stereocenters. The van der Waals surface area contributed by atoms with Crippen molar-refractivity contribution < 1.29 is 110 Å². The smallest absolute Gasteiger partial charge is 0.339 e. The number of aliphatic hydroxyl groups excluding tert-OH is 2. The number of hydrogen-bond donors (Lipinski definition) is 3. The highest BCUT2D eigenvalue weighted by Gasteiger charge is 2.57. The average molecular weight is 941 g/mol. The maximum Gasteiger partial charge on any atom is 0.339 e. The Morgan fingerprint density at radius 2 is 0.894 bits per heavy atom. The number of benzene rings is 2. The molecular formula is C40H48N2O24. The molecule has 2 aromatic rings. The first-order valence-electron chi connectivity index (χ1n) is 19.3. The van der Waals surface area contributed by atoms with Crippen molar-refractivity contribution in [2.75, 3.05) is 20.0 Å². The first-order chi connectivity index (χ1) is 31.0. The van der Waals surface area contributed by atoms with Crippen molar-refractivity contribution >= 4 is 59.1 Å². The molecular weight excluding hydrogens is 892 g/mol. The summed E-state index contributed by atoms with van der Waals surface area (Å²) in [5, 5.41) is 30.0. The van der Waals surface area contributed by atoms with Crippen LogP contribution in [0.4, 0.5) is 11.4 Å². The van der Waals surface area contributed by atoms with E-state index in [9.17, 15) is 58.7 Å². The van der Waals surface area contributed by atoms with Crippen molar-refractivity contribution in [3.05, 3.63) is 57.6 Å². The van der Waals surface area contributed by atoms with Crippen molar-refractivity contribution in [2.45, 2.75) is 116 Å². The average Bonchev–Trinajstić information content (AvgIpc) is 3.23. The molecule has 0 aliphatic carbocycles. The van der Waals surface area contributed by atoms with E-state index in [2.05, 4.69) is 4.74 Å². The zero-order valence-electron chi connectivity index (χ0n) is 36.6. The lowest BCUT2D eigenvalue weighted by Crippen LogP contribution is -2.64.